The van der Waals surface area contributed by atoms with E-state index in [2.05, 4.69) is 5.32 Å². The fourth-order valence-electron chi connectivity index (χ4n) is 4.63. The zero-order valence-corrected chi connectivity index (χ0v) is 17.6. The zero-order chi connectivity index (χ0) is 21.6. The molecule has 2 aromatic carbocycles. The maximum Gasteiger partial charge on any atom is 0.269 e. The van der Waals surface area contributed by atoms with Crippen molar-refractivity contribution in [3.05, 3.63) is 53.6 Å². The minimum atomic E-state index is -4.03. The van der Waals surface area contributed by atoms with Crippen molar-refractivity contribution in [2.45, 2.75) is 36.1 Å². The van der Waals surface area contributed by atoms with E-state index in [0.29, 0.717) is 29.0 Å². The normalized spacial score (nSPS) is 20.4. The summed E-state index contributed by atoms with van der Waals surface area (Å²) in [6.07, 6.45) is 3.31. The lowest BCUT2D eigenvalue weighted by atomic mass is 9.87. The van der Waals surface area contributed by atoms with E-state index in [4.69, 9.17) is 9.47 Å². The van der Waals surface area contributed by atoms with E-state index in [1.54, 1.807) is 12.1 Å². The van der Waals surface area contributed by atoms with Gasteiger partial charge in [0.1, 0.15) is 24.7 Å². The second-order valence-corrected chi connectivity index (χ2v) is 9.84. The molecular formula is C22H22N2O6S. The maximum absolute atomic E-state index is 13.0. The Balaban J connectivity index is 1.39. The first-order valence-corrected chi connectivity index (χ1v) is 11.7. The molecular weight excluding hydrogens is 420 g/mol. The number of ether oxygens (including phenoxy) is 2. The minimum absolute atomic E-state index is 0.0600. The number of fused-ring (bicyclic) bond motifs is 2. The molecule has 2 aromatic rings. The number of carbonyl (C=O) groups is 2. The first kappa shape index (κ1) is 19.9. The lowest BCUT2D eigenvalue weighted by molar-refractivity contribution is -0.123. The highest BCUT2D eigenvalue weighted by Gasteiger charge is 2.44. The smallest absolute Gasteiger partial charge is 0.269 e. The Bertz CT molecular complexity index is 1170. The van der Waals surface area contributed by atoms with E-state index >= 15 is 0 Å². The lowest BCUT2D eigenvalue weighted by Gasteiger charge is -2.32. The van der Waals surface area contributed by atoms with E-state index in [1.165, 1.54) is 12.1 Å². The fourth-order valence-corrected chi connectivity index (χ4v) is 6.15. The van der Waals surface area contributed by atoms with Gasteiger partial charge in [0, 0.05) is 0 Å². The molecule has 1 aliphatic carbocycles. The molecule has 0 atom stereocenters. The standard InChI is InChI=1S/C22H22N2O6S/c25-20(14-24-21(26)16-5-1-2-6-19(16)31(24,27)28)23-22(9-3-4-10-22)15-7-8-17-18(13-15)30-12-11-29-17/h1-2,5-8,13H,3-4,9-12,14H2,(H,23,25). The summed E-state index contributed by atoms with van der Waals surface area (Å²) in [5.41, 5.74) is 0.353. The van der Waals surface area contributed by atoms with Crippen LogP contribution < -0.4 is 14.8 Å². The Morgan fingerprint density at radius 1 is 1.03 bits per heavy atom. The van der Waals surface area contributed by atoms with Crippen LogP contribution in [0.4, 0.5) is 0 Å². The molecule has 162 valence electrons. The topological polar surface area (TPSA) is 102 Å². The van der Waals surface area contributed by atoms with Gasteiger partial charge in [-0.25, -0.2) is 12.7 Å². The average Bonchev–Trinajstić information content (AvgIpc) is 3.32. The van der Waals surface area contributed by atoms with Gasteiger partial charge in [0.05, 0.1) is 11.1 Å². The molecule has 3 aliphatic rings. The number of rotatable bonds is 4. The number of hydrogen-bond donors (Lipinski definition) is 1. The van der Waals surface area contributed by atoms with Crippen molar-refractivity contribution >= 4 is 21.8 Å². The number of hydrogen-bond acceptors (Lipinski definition) is 6. The van der Waals surface area contributed by atoms with Crippen LogP contribution in [0.25, 0.3) is 0 Å². The second kappa shape index (κ2) is 7.26. The van der Waals surface area contributed by atoms with Gasteiger partial charge in [0.2, 0.25) is 5.91 Å². The average molecular weight is 442 g/mol. The monoisotopic (exact) mass is 442 g/mol. The van der Waals surface area contributed by atoms with Gasteiger partial charge in [0.15, 0.2) is 11.5 Å². The van der Waals surface area contributed by atoms with Crippen molar-refractivity contribution in [1.29, 1.82) is 0 Å². The van der Waals surface area contributed by atoms with Crippen LogP contribution in [0.2, 0.25) is 0 Å². The van der Waals surface area contributed by atoms with Crippen LogP contribution >= 0.6 is 0 Å². The number of nitrogens with one attached hydrogen (secondary N) is 1. The summed E-state index contributed by atoms with van der Waals surface area (Å²) in [4.78, 5) is 25.6. The van der Waals surface area contributed by atoms with Crippen molar-refractivity contribution in [3.8, 4) is 11.5 Å². The van der Waals surface area contributed by atoms with E-state index in [9.17, 15) is 18.0 Å². The Hall–Kier alpha value is -3.07. The maximum atomic E-state index is 13.0. The molecule has 1 N–H and O–H groups in total. The SMILES string of the molecule is O=C(CN1C(=O)c2ccccc2S1(=O)=O)NC1(c2ccc3c(c2)OCCO3)CCCC1. The van der Waals surface area contributed by atoms with Gasteiger partial charge in [-0.2, -0.15) is 0 Å². The first-order chi connectivity index (χ1) is 14.9. The molecule has 2 heterocycles. The number of carbonyl (C=O) groups excluding carboxylic acids is 2. The van der Waals surface area contributed by atoms with Crippen LogP contribution in [0.5, 0.6) is 11.5 Å². The third kappa shape index (κ3) is 3.23. The molecule has 9 heteroatoms. The Morgan fingerprint density at radius 2 is 1.74 bits per heavy atom. The molecule has 1 saturated carbocycles. The van der Waals surface area contributed by atoms with Crippen LogP contribution in [0.3, 0.4) is 0 Å². The summed E-state index contributed by atoms with van der Waals surface area (Å²) >= 11 is 0. The highest BCUT2D eigenvalue weighted by Crippen LogP contribution is 2.42. The van der Waals surface area contributed by atoms with Crippen LogP contribution in [0.15, 0.2) is 47.4 Å². The first-order valence-electron chi connectivity index (χ1n) is 10.3. The summed E-state index contributed by atoms with van der Waals surface area (Å²) in [7, 11) is -4.03. The zero-order valence-electron chi connectivity index (χ0n) is 16.8. The molecule has 0 aromatic heterocycles. The molecule has 1 fully saturated rings. The predicted molar refractivity (Wildman–Crippen MR) is 110 cm³/mol. The molecule has 31 heavy (non-hydrogen) atoms. The van der Waals surface area contributed by atoms with Gasteiger partial charge in [-0.05, 0) is 42.7 Å². The van der Waals surface area contributed by atoms with Gasteiger partial charge in [-0.1, -0.05) is 31.0 Å². The Labute approximate surface area is 180 Å². The number of benzene rings is 2. The quantitative estimate of drug-likeness (QED) is 0.779. The Kier molecular flexibility index (Phi) is 4.65. The van der Waals surface area contributed by atoms with Crippen LogP contribution in [-0.4, -0.2) is 44.3 Å². The highest BCUT2D eigenvalue weighted by molar-refractivity contribution is 7.90. The lowest BCUT2D eigenvalue weighted by Crippen LogP contribution is -2.49. The molecule has 0 unspecified atom stereocenters. The fraction of sp³-hybridized carbons (Fsp3) is 0.364. The van der Waals surface area contributed by atoms with Crippen LogP contribution in [0, 0.1) is 0 Å². The summed E-state index contributed by atoms with van der Waals surface area (Å²) in [6.45, 7) is 0.405. The molecule has 0 spiro atoms. The number of nitrogens with zero attached hydrogens (tertiary/aromatic N) is 1. The Morgan fingerprint density at radius 3 is 2.48 bits per heavy atom. The predicted octanol–water partition coefficient (Wildman–Crippen LogP) is 2.19. The van der Waals surface area contributed by atoms with Gasteiger partial charge >= 0.3 is 0 Å². The highest BCUT2D eigenvalue weighted by atomic mass is 32.2. The number of sulfonamides is 1. The minimum Gasteiger partial charge on any atom is -0.486 e. The van der Waals surface area contributed by atoms with Crippen molar-refractivity contribution < 1.29 is 27.5 Å². The largest absolute Gasteiger partial charge is 0.486 e. The molecule has 5 rings (SSSR count). The number of amides is 2. The van der Waals surface area contributed by atoms with Gasteiger partial charge in [-0.3, -0.25) is 9.59 Å². The van der Waals surface area contributed by atoms with Gasteiger partial charge < -0.3 is 14.8 Å². The molecule has 0 bridgehead atoms. The third-order valence-corrected chi connectivity index (χ3v) is 7.92. The van der Waals surface area contributed by atoms with Gasteiger partial charge in [0.25, 0.3) is 15.9 Å². The molecule has 8 nitrogen and oxygen atoms in total. The molecule has 0 saturated heterocycles. The molecule has 2 amide bonds. The van der Waals surface area contributed by atoms with E-state index in [0.717, 1.165) is 31.2 Å². The molecule has 2 aliphatic heterocycles. The summed E-state index contributed by atoms with van der Waals surface area (Å²) in [5, 5.41) is 3.03. The van der Waals surface area contributed by atoms with E-state index in [-0.39, 0.29) is 10.5 Å². The van der Waals surface area contributed by atoms with E-state index < -0.39 is 33.9 Å². The second-order valence-electron chi connectivity index (χ2n) is 8.01. The van der Waals surface area contributed by atoms with Crippen molar-refractivity contribution in [2.24, 2.45) is 0 Å². The van der Waals surface area contributed by atoms with Crippen molar-refractivity contribution in [3.63, 3.8) is 0 Å². The van der Waals surface area contributed by atoms with Gasteiger partial charge in [-0.15, -0.1) is 0 Å². The summed E-state index contributed by atoms with van der Waals surface area (Å²) in [6, 6.07) is 11.6. The van der Waals surface area contributed by atoms with Crippen LogP contribution in [-0.2, 0) is 20.4 Å². The summed E-state index contributed by atoms with van der Waals surface area (Å²) in [5.74, 6) is 0.116. The van der Waals surface area contributed by atoms with Crippen molar-refractivity contribution in [2.75, 3.05) is 19.8 Å². The van der Waals surface area contributed by atoms with E-state index in [1.807, 2.05) is 18.2 Å². The van der Waals surface area contributed by atoms with Crippen LogP contribution in [0.1, 0.15) is 41.6 Å². The third-order valence-electron chi connectivity index (χ3n) is 6.13. The molecule has 0 radical (unpaired) electrons. The summed E-state index contributed by atoms with van der Waals surface area (Å²) < 4.78 is 37.5. The van der Waals surface area contributed by atoms with Crippen molar-refractivity contribution in [1.82, 2.24) is 9.62 Å².